The molecule has 5 heteroatoms. The van der Waals surface area contributed by atoms with Crippen LogP contribution in [0.25, 0.3) is 0 Å². The van der Waals surface area contributed by atoms with E-state index in [-0.39, 0.29) is 17.7 Å². The van der Waals surface area contributed by atoms with Crippen molar-refractivity contribution in [2.24, 2.45) is 11.7 Å². The van der Waals surface area contributed by atoms with Crippen molar-refractivity contribution >= 4 is 11.8 Å². The van der Waals surface area contributed by atoms with Gasteiger partial charge in [0.25, 0.3) is 0 Å². The van der Waals surface area contributed by atoms with Gasteiger partial charge < -0.3 is 15.4 Å². The molecule has 0 spiro atoms. The van der Waals surface area contributed by atoms with E-state index in [1.165, 1.54) is 0 Å². The number of hydrogen-bond acceptors (Lipinski definition) is 3. The summed E-state index contributed by atoms with van der Waals surface area (Å²) < 4.78 is 6.01. The van der Waals surface area contributed by atoms with Gasteiger partial charge in [0.1, 0.15) is 11.5 Å². The van der Waals surface area contributed by atoms with Crippen molar-refractivity contribution in [1.29, 1.82) is 0 Å². The van der Waals surface area contributed by atoms with Crippen LogP contribution >= 0.6 is 0 Å². The van der Waals surface area contributed by atoms with Crippen LogP contribution in [-0.2, 0) is 9.59 Å². The number of likely N-dealkylation sites (tertiary alicyclic amines) is 1. The smallest absolute Gasteiger partial charge is 0.234 e. The van der Waals surface area contributed by atoms with Crippen molar-refractivity contribution in [3.63, 3.8) is 0 Å². The summed E-state index contributed by atoms with van der Waals surface area (Å²) in [4.78, 5) is 26.6. The zero-order valence-corrected chi connectivity index (χ0v) is 15.3. The maximum Gasteiger partial charge on any atom is 0.234 e. The Morgan fingerprint density at radius 1 is 1.04 bits per heavy atom. The average Bonchev–Trinajstić information content (AvgIpc) is 2.70. The van der Waals surface area contributed by atoms with Crippen molar-refractivity contribution in [2.45, 2.75) is 31.6 Å². The maximum atomic E-state index is 13.5. The molecule has 1 saturated heterocycles. The molecule has 2 N–H and O–H groups in total. The molecule has 0 bridgehead atoms. The number of carbonyl (C=O) groups excluding carboxylic acids is 2. The van der Waals surface area contributed by atoms with Gasteiger partial charge in [-0.15, -0.1) is 0 Å². The number of piperidine rings is 1. The summed E-state index contributed by atoms with van der Waals surface area (Å²) in [6, 6.07) is 15.5. The highest BCUT2D eigenvalue weighted by Gasteiger charge is 2.36. The lowest BCUT2D eigenvalue weighted by Crippen LogP contribution is -2.43. The first kappa shape index (κ1) is 17.6. The van der Waals surface area contributed by atoms with Crippen LogP contribution in [0.4, 0.5) is 0 Å². The van der Waals surface area contributed by atoms with Crippen LogP contribution in [-0.4, -0.2) is 29.8 Å². The minimum atomic E-state index is -0.346. The van der Waals surface area contributed by atoms with Gasteiger partial charge in [-0.3, -0.25) is 9.59 Å². The van der Waals surface area contributed by atoms with Gasteiger partial charge in [-0.2, -0.15) is 0 Å². The molecular formula is C22H24N2O3. The van der Waals surface area contributed by atoms with E-state index in [1.54, 1.807) is 0 Å². The molecule has 1 atom stereocenters. The number of nitrogens with zero attached hydrogens (tertiary/aromatic N) is 1. The minimum absolute atomic E-state index is 0.113. The fraction of sp³-hybridized carbons (Fsp3) is 0.364. The lowest BCUT2D eigenvalue weighted by molar-refractivity contribution is -0.133. The Morgan fingerprint density at radius 3 is 2.30 bits per heavy atom. The first-order valence-electron chi connectivity index (χ1n) is 9.56. The van der Waals surface area contributed by atoms with Crippen molar-refractivity contribution in [2.75, 3.05) is 13.1 Å². The van der Waals surface area contributed by atoms with E-state index in [2.05, 4.69) is 0 Å². The molecule has 140 valence electrons. The fourth-order valence-electron chi connectivity index (χ4n) is 4.21. The van der Waals surface area contributed by atoms with E-state index in [1.807, 2.05) is 53.4 Å². The van der Waals surface area contributed by atoms with Crippen LogP contribution in [0.5, 0.6) is 11.5 Å². The second-order valence-corrected chi connectivity index (χ2v) is 7.41. The third-order valence-electron chi connectivity index (χ3n) is 5.56. The number of primary amides is 1. The van der Waals surface area contributed by atoms with Crippen molar-refractivity contribution in [3.05, 3.63) is 59.7 Å². The van der Waals surface area contributed by atoms with E-state index < -0.39 is 0 Å². The van der Waals surface area contributed by atoms with Crippen LogP contribution in [0.3, 0.4) is 0 Å². The van der Waals surface area contributed by atoms with Crippen LogP contribution in [0.2, 0.25) is 0 Å². The molecule has 2 aliphatic heterocycles. The zero-order valence-electron chi connectivity index (χ0n) is 15.3. The number of fused-ring (bicyclic) bond motifs is 2. The fourth-order valence-corrected chi connectivity index (χ4v) is 4.21. The molecule has 0 aromatic heterocycles. The van der Waals surface area contributed by atoms with Crippen molar-refractivity contribution in [1.82, 2.24) is 4.90 Å². The Balaban J connectivity index is 1.61. The summed E-state index contributed by atoms with van der Waals surface area (Å²) in [6.07, 6.45) is 3.13. The summed E-state index contributed by atoms with van der Waals surface area (Å²) >= 11 is 0. The second kappa shape index (κ2) is 7.43. The van der Waals surface area contributed by atoms with Gasteiger partial charge in [0.05, 0.1) is 5.92 Å². The van der Waals surface area contributed by atoms with E-state index in [0.29, 0.717) is 18.9 Å². The van der Waals surface area contributed by atoms with Crippen LogP contribution < -0.4 is 10.5 Å². The predicted octanol–water partition coefficient (Wildman–Crippen LogP) is 3.43. The average molecular weight is 364 g/mol. The normalized spacial score (nSPS) is 19.0. The summed E-state index contributed by atoms with van der Waals surface area (Å²) in [6.45, 7) is 1.45. The highest BCUT2D eigenvalue weighted by molar-refractivity contribution is 5.89. The van der Waals surface area contributed by atoms with Gasteiger partial charge in [-0.05, 0) is 37.3 Å². The number of nitrogens with two attached hydrogens (primary N) is 1. The second-order valence-electron chi connectivity index (χ2n) is 7.41. The van der Waals surface area contributed by atoms with Crippen LogP contribution in [0, 0.1) is 5.92 Å². The number of ether oxygens (including phenoxy) is 1. The Kier molecular flexibility index (Phi) is 4.84. The lowest BCUT2D eigenvalue weighted by Gasteiger charge is -2.37. The van der Waals surface area contributed by atoms with Crippen molar-refractivity contribution in [3.8, 4) is 11.5 Å². The molecule has 2 aromatic carbocycles. The standard InChI is InChI=1S/C22H24N2O3/c23-20(25)12-11-15-6-5-13-24(14-15)22(26)21-16-7-1-3-9-18(16)27-19-10-4-2-8-17(19)21/h1-4,7-10,15,21H,5-6,11-14H2,(H2,23,25)/t15-/m1/s1. The molecule has 2 aromatic rings. The van der Waals surface area contributed by atoms with Crippen LogP contribution in [0.15, 0.2) is 48.5 Å². The molecule has 2 aliphatic rings. The molecule has 0 saturated carbocycles. The van der Waals surface area contributed by atoms with Gasteiger partial charge in [0.15, 0.2) is 0 Å². The monoisotopic (exact) mass is 364 g/mol. The summed E-state index contributed by atoms with van der Waals surface area (Å²) in [7, 11) is 0. The Bertz CT molecular complexity index is 819. The summed E-state index contributed by atoms with van der Waals surface area (Å²) in [5.74, 6) is 1.32. The predicted molar refractivity (Wildman–Crippen MR) is 103 cm³/mol. The number of rotatable bonds is 4. The molecule has 0 radical (unpaired) electrons. The third kappa shape index (κ3) is 3.54. The van der Waals surface area contributed by atoms with Crippen LogP contribution in [0.1, 0.15) is 42.7 Å². The number of benzene rings is 2. The largest absolute Gasteiger partial charge is 0.457 e. The number of carbonyl (C=O) groups is 2. The highest BCUT2D eigenvalue weighted by Crippen LogP contribution is 2.45. The van der Waals surface area contributed by atoms with Gasteiger partial charge in [-0.25, -0.2) is 0 Å². The van der Waals surface area contributed by atoms with E-state index in [4.69, 9.17) is 10.5 Å². The topological polar surface area (TPSA) is 72.6 Å². The molecule has 0 unspecified atom stereocenters. The number of hydrogen-bond donors (Lipinski definition) is 1. The SMILES string of the molecule is NC(=O)CC[C@H]1CCCN(C(=O)C2c3ccccc3Oc3ccccc32)C1. The van der Waals surface area contributed by atoms with Gasteiger partial charge in [0.2, 0.25) is 11.8 Å². The van der Waals surface area contributed by atoms with Gasteiger partial charge in [0, 0.05) is 30.6 Å². The Hall–Kier alpha value is -2.82. The zero-order chi connectivity index (χ0) is 18.8. The van der Waals surface area contributed by atoms with Gasteiger partial charge in [-0.1, -0.05) is 36.4 Å². The maximum absolute atomic E-state index is 13.5. The first-order valence-corrected chi connectivity index (χ1v) is 9.56. The van der Waals surface area contributed by atoms with E-state index in [0.717, 1.165) is 48.4 Å². The Labute approximate surface area is 159 Å². The molecule has 1 fully saturated rings. The third-order valence-corrected chi connectivity index (χ3v) is 5.56. The minimum Gasteiger partial charge on any atom is -0.457 e. The highest BCUT2D eigenvalue weighted by atomic mass is 16.5. The molecule has 5 nitrogen and oxygen atoms in total. The first-order chi connectivity index (χ1) is 13.1. The van der Waals surface area contributed by atoms with Crippen molar-refractivity contribution < 1.29 is 14.3 Å². The molecule has 4 rings (SSSR count). The molecule has 2 heterocycles. The quantitative estimate of drug-likeness (QED) is 0.903. The summed E-state index contributed by atoms with van der Waals surface area (Å²) in [5, 5.41) is 0. The molecule has 0 aliphatic carbocycles. The number of amides is 2. The molecule has 2 amide bonds. The lowest BCUT2D eigenvalue weighted by atomic mass is 9.85. The van der Waals surface area contributed by atoms with E-state index in [9.17, 15) is 9.59 Å². The molecule has 27 heavy (non-hydrogen) atoms. The van der Waals surface area contributed by atoms with E-state index >= 15 is 0 Å². The molecular weight excluding hydrogens is 340 g/mol. The van der Waals surface area contributed by atoms with Gasteiger partial charge >= 0.3 is 0 Å². The summed E-state index contributed by atoms with van der Waals surface area (Å²) in [5.41, 5.74) is 7.13. The Morgan fingerprint density at radius 2 is 1.67 bits per heavy atom. The number of para-hydroxylation sites is 2.